The summed E-state index contributed by atoms with van der Waals surface area (Å²) < 4.78 is 30.7. The summed E-state index contributed by atoms with van der Waals surface area (Å²) in [6.07, 6.45) is 0. The topological polar surface area (TPSA) is 184 Å². The standard InChI is InChI=1S/C6H3N3O9S.Na/c10-7(11)3-1-4(8(12)13)6(19(16,17)18)5(2-3)9(14)15;/h1-2H,(H,16,17,18);/q;+1. The molecule has 0 aromatic heterocycles. The maximum atomic E-state index is 10.9. The van der Waals surface area contributed by atoms with Gasteiger partial charge in [-0.05, 0) is 0 Å². The first-order chi connectivity index (χ1) is 8.55. The van der Waals surface area contributed by atoms with Crippen LogP contribution in [0.3, 0.4) is 0 Å². The number of nitrogens with zero attached hydrogens (tertiary/aromatic N) is 3. The van der Waals surface area contributed by atoms with Crippen molar-refractivity contribution in [1.82, 2.24) is 0 Å². The van der Waals surface area contributed by atoms with E-state index < -0.39 is 46.8 Å². The van der Waals surface area contributed by atoms with Gasteiger partial charge in [-0.15, -0.1) is 0 Å². The first kappa shape index (κ1) is 18.3. The number of hydrogen-bond acceptors (Lipinski definition) is 8. The molecule has 14 heteroatoms. The van der Waals surface area contributed by atoms with Crippen LogP contribution in [0, 0.1) is 30.3 Å². The van der Waals surface area contributed by atoms with Gasteiger partial charge in [0.15, 0.2) is 0 Å². The molecule has 0 radical (unpaired) electrons. The number of benzene rings is 1. The molecule has 1 aromatic rings. The summed E-state index contributed by atoms with van der Waals surface area (Å²) in [5, 5.41) is 31.7. The summed E-state index contributed by atoms with van der Waals surface area (Å²) in [4.78, 5) is 26.1. The van der Waals surface area contributed by atoms with Gasteiger partial charge in [-0.2, -0.15) is 8.42 Å². The molecule has 0 bridgehead atoms. The van der Waals surface area contributed by atoms with Crippen LogP contribution < -0.4 is 29.6 Å². The van der Waals surface area contributed by atoms with E-state index in [-0.39, 0.29) is 41.7 Å². The van der Waals surface area contributed by atoms with E-state index in [0.29, 0.717) is 0 Å². The molecular weight excluding hydrogens is 313 g/mol. The molecule has 0 aliphatic carbocycles. The van der Waals surface area contributed by atoms with Crippen molar-refractivity contribution in [2.24, 2.45) is 0 Å². The molecule has 1 N–H and O–H groups in total. The molecule has 12 nitrogen and oxygen atoms in total. The Labute approximate surface area is 131 Å². The molecule has 0 aliphatic rings. The summed E-state index contributed by atoms with van der Waals surface area (Å²) >= 11 is 0. The normalized spacial score (nSPS) is 10.4. The van der Waals surface area contributed by atoms with Gasteiger partial charge in [0.25, 0.3) is 5.69 Å². The van der Waals surface area contributed by atoms with Gasteiger partial charge in [-0.1, -0.05) is 0 Å². The average molecular weight is 316 g/mol. The van der Waals surface area contributed by atoms with Crippen molar-refractivity contribution in [3.8, 4) is 0 Å². The maximum Gasteiger partial charge on any atom is 1.00 e. The van der Waals surface area contributed by atoms with Gasteiger partial charge in [0, 0.05) is 0 Å². The Kier molecular flexibility index (Phi) is 5.67. The van der Waals surface area contributed by atoms with Crippen LogP contribution >= 0.6 is 0 Å². The minimum Gasteiger partial charge on any atom is -0.281 e. The van der Waals surface area contributed by atoms with Gasteiger partial charge in [0.2, 0.25) is 4.90 Å². The first-order valence-corrected chi connectivity index (χ1v) is 5.58. The molecule has 102 valence electrons. The van der Waals surface area contributed by atoms with Crippen molar-refractivity contribution in [1.29, 1.82) is 0 Å². The summed E-state index contributed by atoms with van der Waals surface area (Å²) in [5.41, 5.74) is -3.96. The third-order valence-corrected chi connectivity index (χ3v) is 2.83. The van der Waals surface area contributed by atoms with E-state index in [4.69, 9.17) is 4.55 Å². The molecule has 0 saturated heterocycles. The SMILES string of the molecule is O=[N+]([O-])c1cc([N+](=O)[O-])c(S(=O)(=O)O)c([N+](=O)[O-])c1.[Na+]. The molecule has 20 heavy (non-hydrogen) atoms. The first-order valence-electron chi connectivity index (χ1n) is 4.14. The minimum atomic E-state index is -5.30. The zero-order chi connectivity index (χ0) is 15.0. The molecule has 0 saturated carbocycles. The smallest absolute Gasteiger partial charge is 0.281 e. The average Bonchev–Trinajstić information content (AvgIpc) is 2.25. The van der Waals surface area contributed by atoms with Crippen molar-refractivity contribution >= 4 is 27.2 Å². The van der Waals surface area contributed by atoms with E-state index in [0.717, 1.165) is 0 Å². The number of non-ortho nitro benzene ring substituents is 1. The molecule has 0 spiro atoms. The molecule has 1 aromatic carbocycles. The number of nitro benzene ring substituents is 3. The largest absolute Gasteiger partial charge is 1.00 e. The Morgan fingerprint density at radius 1 is 0.900 bits per heavy atom. The molecule has 0 unspecified atom stereocenters. The zero-order valence-corrected chi connectivity index (χ0v) is 12.4. The van der Waals surface area contributed by atoms with Crippen molar-refractivity contribution in [2.45, 2.75) is 4.90 Å². The second-order valence-electron chi connectivity index (χ2n) is 3.06. The van der Waals surface area contributed by atoms with Crippen LogP contribution in [0.1, 0.15) is 0 Å². The third-order valence-electron chi connectivity index (χ3n) is 1.90. The minimum absolute atomic E-state index is 0. The maximum absolute atomic E-state index is 10.9. The molecule has 0 heterocycles. The summed E-state index contributed by atoms with van der Waals surface area (Å²) in [5.74, 6) is 0. The van der Waals surface area contributed by atoms with Crippen molar-refractivity contribution in [3.63, 3.8) is 0 Å². The van der Waals surface area contributed by atoms with Crippen LogP contribution in [0.15, 0.2) is 17.0 Å². The molecule has 1 rings (SSSR count). The van der Waals surface area contributed by atoms with E-state index in [1.54, 1.807) is 0 Å². The quantitative estimate of drug-likeness (QED) is 0.275. The zero-order valence-electron chi connectivity index (χ0n) is 9.62. The van der Waals surface area contributed by atoms with Crippen LogP contribution in [0.4, 0.5) is 17.1 Å². The Balaban J connectivity index is 0.00000361. The van der Waals surface area contributed by atoms with Crippen LogP contribution in [0.25, 0.3) is 0 Å². The Bertz CT molecular complexity index is 665. The fourth-order valence-corrected chi connectivity index (χ4v) is 2.02. The summed E-state index contributed by atoms with van der Waals surface area (Å²) in [7, 11) is -5.30. The van der Waals surface area contributed by atoms with Crippen LogP contribution in [0.2, 0.25) is 0 Å². The molecular formula is C6H3N3NaO9S+. The predicted molar refractivity (Wildman–Crippen MR) is 56.2 cm³/mol. The Morgan fingerprint density at radius 2 is 1.25 bits per heavy atom. The van der Waals surface area contributed by atoms with Gasteiger partial charge < -0.3 is 0 Å². The van der Waals surface area contributed by atoms with Gasteiger partial charge in [0.05, 0.1) is 26.9 Å². The monoisotopic (exact) mass is 316 g/mol. The molecule has 0 fully saturated rings. The van der Waals surface area contributed by atoms with Gasteiger partial charge in [0.1, 0.15) is 0 Å². The van der Waals surface area contributed by atoms with E-state index in [1.807, 2.05) is 0 Å². The number of nitro groups is 3. The van der Waals surface area contributed by atoms with Gasteiger partial charge in [-0.3, -0.25) is 34.9 Å². The molecule has 0 amide bonds. The summed E-state index contributed by atoms with van der Waals surface area (Å²) in [6, 6.07) is 0.409. The second-order valence-corrected chi connectivity index (χ2v) is 4.42. The van der Waals surface area contributed by atoms with E-state index in [9.17, 15) is 38.8 Å². The Morgan fingerprint density at radius 3 is 1.45 bits per heavy atom. The fourth-order valence-electron chi connectivity index (χ4n) is 1.23. The summed E-state index contributed by atoms with van der Waals surface area (Å²) in [6.45, 7) is 0. The van der Waals surface area contributed by atoms with Gasteiger partial charge in [-0.25, -0.2) is 0 Å². The third kappa shape index (κ3) is 3.67. The number of rotatable bonds is 4. The van der Waals surface area contributed by atoms with Crippen molar-refractivity contribution in [3.05, 3.63) is 42.5 Å². The van der Waals surface area contributed by atoms with Crippen molar-refractivity contribution in [2.75, 3.05) is 0 Å². The van der Waals surface area contributed by atoms with Crippen LogP contribution in [-0.4, -0.2) is 27.7 Å². The van der Waals surface area contributed by atoms with E-state index >= 15 is 0 Å². The van der Waals surface area contributed by atoms with Crippen LogP contribution in [0.5, 0.6) is 0 Å². The molecule has 0 aliphatic heterocycles. The van der Waals surface area contributed by atoms with E-state index in [1.165, 1.54) is 0 Å². The fraction of sp³-hybridized carbons (Fsp3) is 0. The van der Waals surface area contributed by atoms with Crippen LogP contribution in [-0.2, 0) is 10.1 Å². The predicted octanol–water partition coefficient (Wildman–Crippen LogP) is -2.34. The molecule has 0 atom stereocenters. The second kappa shape index (κ2) is 6.19. The number of hydrogen-bond donors (Lipinski definition) is 1. The Hall–Kier alpha value is -1.67. The van der Waals surface area contributed by atoms with Gasteiger partial charge >= 0.3 is 51.1 Å². The van der Waals surface area contributed by atoms with Crippen molar-refractivity contribution < 1.29 is 57.3 Å². The van der Waals surface area contributed by atoms with E-state index in [2.05, 4.69) is 0 Å².